The van der Waals surface area contributed by atoms with Crippen LogP contribution in [0, 0.1) is 11.7 Å². The fourth-order valence-electron chi connectivity index (χ4n) is 2.17. The predicted octanol–water partition coefficient (Wildman–Crippen LogP) is 1.53. The third-order valence-electron chi connectivity index (χ3n) is 3.30. The van der Waals surface area contributed by atoms with Gasteiger partial charge in [0.2, 0.25) is 0 Å². The number of halogens is 1. The zero-order valence-electron chi connectivity index (χ0n) is 10.9. The van der Waals surface area contributed by atoms with E-state index < -0.39 is 11.9 Å². The second kappa shape index (κ2) is 6.36. The number of carboxylic acid groups (broad SMARTS) is 1. The molecule has 1 unspecified atom stereocenters. The first-order valence-electron chi connectivity index (χ1n) is 6.45. The van der Waals surface area contributed by atoms with E-state index in [0.29, 0.717) is 25.1 Å². The minimum Gasteiger partial charge on any atom is -0.484 e. The molecule has 1 fully saturated rings. The monoisotopic (exact) mass is 281 g/mol. The number of piperidine rings is 1. The van der Waals surface area contributed by atoms with Gasteiger partial charge in [-0.15, -0.1) is 0 Å². The summed E-state index contributed by atoms with van der Waals surface area (Å²) in [6.07, 6.45) is 1.27. The van der Waals surface area contributed by atoms with E-state index in [9.17, 15) is 14.0 Å². The van der Waals surface area contributed by atoms with E-state index in [4.69, 9.17) is 9.84 Å². The molecule has 0 aromatic heterocycles. The third-order valence-corrected chi connectivity index (χ3v) is 3.30. The predicted molar refractivity (Wildman–Crippen MR) is 68.8 cm³/mol. The van der Waals surface area contributed by atoms with Crippen molar-refractivity contribution < 1.29 is 23.8 Å². The summed E-state index contributed by atoms with van der Waals surface area (Å²) < 4.78 is 18.0. The number of amides is 1. The number of aliphatic carboxylic acids is 1. The number of ether oxygens (including phenoxy) is 1. The van der Waals surface area contributed by atoms with Gasteiger partial charge in [0.1, 0.15) is 11.6 Å². The van der Waals surface area contributed by atoms with Gasteiger partial charge in [0, 0.05) is 13.1 Å². The van der Waals surface area contributed by atoms with Crippen molar-refractivity contribution in [3.8, 4) is 5.75 Å². The van der Waals surface area contributed by atoms with Crippen molar-refractivity contribution in [2.75, 3.05) is 19.7 Å². The molecule has 1 aliphatic rings. The summed E-state index contributed by atoms with van der Waals surface area (Å²) in [5.74, 6) is -1.59. The molecule has 0 aliphatic carbocycles. The van der Waals surface area contributed by atoms with E-state index in [1.54, 1.807) is 0 Å². The van der Waals surface area contributed by atoms with Crippen LogP contribution in [0.4, 0.5) is 4.39 Å². The lowest BCUT2D eigenvalue weighted by Crippen LogP contribution is -2.44. The quantitative estimate of drug-likeness (QED) is 0.908. The van der Waals surface area contributed by atoms with E-state index in [1.165, 1.54) is 29.2 Å². The molecular weight excluding hydrogens is 265 g/mol. The van der Waals surface area contributed by atoms with Crippen LogP contribution in [0.25, 0.3) is 0 Å². The van der Waals surface area contributed by atoms with Crippen LogP contribution in [0.3, 0.4) is 0 Å². The van der Waals surface area contributed by atoms with Gasteiger partial charge in [0.25, 0.3) is 5.91 Å². The average molecular weight is 281 g/mol. The highest BCUT2D eigenvalue weighted by molar-refractivity contribution is 5.79. The number of benzene rings is 1. The summed E-state index contributed by atoms with van der Waals surface area (Å²) in [6.45, 7) is 0.605. The number of likely N-dealkylation sites (tertiary alicyclic amines) is 1. The van der Waals surface area contributed by atoms with Crippen molar-refractivity contribution in [2.45, 2.75) is 12.8 Å². The highest BCUT2D eigenvalue weighted by Crippen LogP contribution is 2.17. The lowest BCUT2D eigenvalue weighted by Gasteiger charge is -2.30. The van der Waals surface area contributed by atoms with Crippen LogP contribution < -0.4 is 4.74 Å². The van der Waals surface area contributed by atoms with Gasteiger partial charge in [-0.2, -0.15) is 0 Å². The van der Waals surface area contributed by atoms with Gasteiger partial charge in [-0.1, -0.05) is 0 Å². The normalized spacial score (nSPS) is 18.6. The number of carbonyl (C=O) groups excluding carboxylic acids is 1. The van der Waals surface area contributed by atoms with Crippen LogP contribution in [-0.4, -0.2) is 41.6 Å². The molecule has 20 heavy (non-hydrogen) atoms. The second-order valence-electron chi connectivity index (χ2n) is 4.76. The summed E-state index contributed by atoms with van der Waals surface area (Å²) in [6, 6.07) is 5.39. The molecule has 6 heteroatoms. The number of nitrogens with zero attached hydrogens (tertiary/aromatic N) is 1. The molecule has 0 spiro atoms. The van der Waals surface area contributed by atoms with Crippen LogP contribution in [0.2, 0.25) is 0 Å². The van der Waals surface area contributed by atoms with Crippen LogP contribution in [0.1, 0.15) is 12.8 Å². The molecule has 108 valence electrons. The van der Waals surface area contributed by atoms with Crippen molar-refractivity contribution in [2.24, 2.45) is 5.92 Å². The Morgan fingerprint density at radius 1 is 1.35 bits per heavy atom. The van der Waals surface area contributed by atoms with Crippen molar-refractivity contribution >= 4 is 11.9 Å². The Morgan fingerprint density at radius 2 is 2.05 bits per heavy atom. The molecular formula is C14H16FNO4. The first-order valence-corrected chi connectivity index (χ1v) is 6.45. The van der Waals surface area contributed by atoms with Crippen molar-refractivity contribution in [1.29, 1.82) is 0 Å². The highest BCUT2D eigenvalue weighted by Gasteiger charge is 2.28. The van der Waals surface area contributed by atoms with Gasteiger partial charge in [-0.3, -0.25) is 9.59 Å². The Balaban J connectivity index is 1.85. The zero-order chi connectivity index (χ0) is 14.5. The Kier molecular flexibility index (Phi) is 4.55. The number of rotatable bonds is 4. The molecule has 5 nitrogen and oxygen atoms in total. The molecule has 1 aromatic rings. The first-order chi connectivity index (χ1) is 9.56. The van der Waals surface area contributed by atoms with E-state index in [2.05, 4.69) is 0 Å². The summed E-state index contributed by atoms with van der Waals surface area (Å²) in [5.41, 5.74) is 0. The van der Waals surface area contributed by atoms with Crippen LogP contribution in [0.15, 0.2) is 24.3 Å². The highest BCUT2D eigenvalue weighted by atomic mass is 19.1. The summed E-state index contributed by atoms with van der Waals surface area (Å²) in [4.78, 5) is 24.4. The second-order valence-corrected chi connectivity index (χ2v) is 4.76. The van der Waals surface area contributed by atoms with Crippen molar-refractivity contribution in [3.05, 3.63) is 30.1 Å². The Labute approximate surface area is 116 Å². The molecule has 0 radical (unpaired) electrons. The summed E-state index contributed by atoms with van der Waals surface area (Å²) >= 11 is 0. The smallest absolute Gasteiger partial charge is 0.308 e. The summed E-state index contributed by atoms with van der Waals surface area (Å²) in [5, 5.41) is 8.97. The molecule has 1 aliphatic heterocycles. The van der Waals surface area contributed by atoms with E-state index >= 15 is 0 Å². The molecule has 2 rings (SSSR count). The van der Waals surface area contributed by atoms with Crippen molar-refractivity contribution in [3.63, 3.8) is 0 Å². The standard InChI is InChI=1S/C14H16FNO4/c15-11-3-5-12(6-4-11)20-9-13(17)16-7-1-2-10(8-16)14(18)19/h3-6,10H,1-2,7-9H2,(H,18,19). The van der Waals surface area contributed by atoms with Crippen molar-refractivity contribution in [1.82, 2.24) is 4.90 Å². The molecule has 0 bridgehead atoms. The number of hydrogen-bond acceptors (Lipinski definition) is 3. The lowest BCUT2D eigenvalue weighted by atomic mass is 9.98. The first kappa shape index (κ1) is 14.3. The molecule has 1 atom stereocenters. The molecule has 1 N–H and O–H groups in total. The Morgan fingerprint density at radius 3 is 2.70 bits per heavy atom. The fraction of sp³-hybridized carbons (Fsp3) is 0.429. The largest absolute Gasteiger partial charge is 0.484 e. The topological polar surface area (TPSA) is 66.8 Å². The minimum atomic E-state index is -0.873. The van der Waals surface area contributed by atoms with E-state index in [1.807, 2.05) is 0 Å². The zero-order valence-corrected chi connectivity index (χ0v) is 10.9. The Hall–Kier alpha value is -2.11. The average Bonchev–Trinajstić information content (AvgIpc) is 2.46. The Bertz CT molecular complexity index is 488. The molecule has 1 aromatic carbocycles. The SMILES string of the molecule is O=C(O)C1CCCN(C(=O)COc2ccc(F)cc2)C1. The fourth-order valence-corrected chi connectivity index (χ4v) is 2.17. The van der Waals surface area contributed by atoms with Gasteiger partial charge >= 0.3 is 5.97 Å². The van der Waals surface area contributed by atoms with Crippen LogP contribution in [-0.2, 0) is 9.59 Å². The van der Waals surface area contributed by atoms with Gasteiger partial charge in [-0.05, 0) is 37.1 Å². The third kappa shape index (κ3) is 3.69. The maximum Gasteiger partial charge on any atom is 0.308 e. The van der Waals surface area contributed by atoms with Gasteiger partial charge in [-0.25, -0.2) is 4.39 Å². The van der Waals surface area contributed by atoms with Gasteiger partial charge < -0.3 is 14.7 Å². The number of hydrogen-bond donors (Lipinski definition) is 1. The molecule has 0 saturated carbocycles. The van der Waals surface area contributed by atoms with Gasteiger partial charge in [0.15, 0.2) is 6.61 Å². The molecule has 1 saturated heterocycles. The van der Waals surface area contributed by atoms with E-state index in [0.717, 1.165) is 0 Å². The van der Waals surface area contributed by atoms with Crippen LogP contribution >= 0.6 is 0 Å². The van der Waals surface area contributed by atoms with Crippen LogP contribution in [0.5, 0.6) is 5.75 Å². The maximum atomic E-state index is 12.7. The van der Waals surface area contributed by atoms with Gasteiger partial charge in [0.05, 0.1) is 5.92 Å². The number of carboxylic acids is 1. The molecule has 1 heterocycles. The minimum absolute atomic E-state index is 0.169. The van der Waals surface area contributed by atoms with E-state index in [-0.39, 0.29) is 24.9 Å². The maximum absolute atomic E-state index is 12.7. The molecule has 1 amide bonds. The summed E-state index contributed by atoms with van der Waals surface area (Å²) in [7, 11) is 0. The number of carbonyl (C=O) groups is 2. The lowest BCUT2D eigenvalue weighted by molar-refractivity contribution is -0.146.